The van der Waals surface area contributed by atoms with E-state index in [0.29, 0.717) is 5.82 Å². The van der Waals surface area contributed by atoms with E-state index < -0.39 is 6.10 Å². The number of nitrogens with one attached hydrogen (secondary N) is 1. The first-order valence-corrected chi connectivity index (χ1v) is 5.76. The van der Waals surface area contributed by atoms with E-state index in [0.717, 1.165) is 11.1 Å². The predicted molar refractivity (Wildman–Crippen MR) is 70.4 cm³/mol. The van der Waals surface area contributed by atoms with Gasteiger partial charge in [-0.1, -0.05) is 0 Å². The van der Waals surface area contributed by atoms with E-state index in [1.807, 2.05) is 6.07 Å². The van der Waals surface area contributed by atoms with Gasteiger partial charge in [0.1, 0.15) is 18.2 Å². The molecule has 6 heteroatoms. The Kier molecular flexibility index (Phi) is 4.15. The van der Waals surface area contributed by atoms with Crippen molar-refractivity contribution in [3.8, 4) is 11.1 Å². The van der Waals surface area contributed by atoms with Crippen LogP contribution in [0.5, 0.6) is 0 Å². The van der Waals surface area contributed by atoms with Gasteiger partial charge in [0.05, 0.1) is 0 Å². The first-order chi connectivity index (χ1) is 9.20. The zero-order chi connectivity index (χ0) is 13.7. The number of carbonyl (C=O) groups excluding carboxylic acids is 1. The average Bonchev–Trinajstić information content (AvgIpc) is 2.48. The van der Waals surface area contributed by atoms with Gasteiger partial charge in [0.15, 0.2) is 0 Å². The van der Waals surface area contributed by atoms with E-state index in [1.54, 1.807) is 31.6 Å². The SMILES string of the molecule is CO[C@H](C)C(=O)Nc1ccc(-c2cncnc2)cn1. The summed E-state index contributed by atoms with van der Waals surface area (Å²) in [5.74, 6) is 0.250. The van der Waals surface area contributed by atoms with Crippen LogP contribution in [0.15, 0.2) is 37.1 Å². The highest BCUT2D eigenvalue weighted by atomic mass is 16.5. The maximum Gasteiger partial charge on any atom is 0.254 e. The molecule has 19 heavy (non-hydrogen) atoms. The smallest absolute Gasteiger partial charge is 0.254 e. The molecule has 1 atom stereocenters. The zero-order valence-electron chi connectivity index (χ0n) is 10.7. The second-order valence-corrected chi connectivity index (χ2v) is 3.93. The van der Waals surface area contributed by atoms with Crippen molar-refractivity contribution in [1.82, 2.24) is 15.0 Å². The second-order valence-electron chi connectivity index (χ2n) is 3.93. The fraction of sp³-hybridized carbons (Fsp3) is 0.231. The summed E-state index contributed by atoms with van der Waals surface area (Å²) in [7, 11) is 1.48. The van der Waals surface area contributed by atoms with Crippen LogP contribution in [0.2, 0.25) is 0 Å². The average molecular weight is 258 g/mol. The summed E-state index contributed by atoms with van der Waals surface area (Å²) < 4.78 is 4.92. The maximum absolute atomic E-state index is 11.6. The summed E-state index contributed by atoms with van der Waals surface area (Å²) in [4.78, 5) is 23.7. The van der Waals surface area contributed by atoms with Gasteiger partial charge < -0.3 is 10.1 Å². The molecule has 0 fully saturated rings. The number of methoxy groups -OCH3 is 1. The van der Waals surface area contributed by atoms with Gasteiger partial charge in [0, 0.05) is 36.8 Å². The van der Waals surface area contributed by atoms with Gasteiger partial charge in [0.2, 0.25) is 0 Å². The summed E-state index contributed by atoms with van der Waals surface area (Å²) in [5, 5.41) is 2.66. The van der Waals surface area contributed by atoms with E-state index in [2.05, 4.69) is 20.3 Å². The molecule has 2 aromatic rings. The van der Waals surface area contributed by atoms with Crippen molar-refractivity contribution in [2.75, 3.05) is 12.4 Å². The Hall–Kier alpha value is -2.34. The number of ether oxygens (including phenoxy) is 1. The summed E-state index contributed by atoms with van der Waals surface area (Å²) in [5.41, 5.74) is 1.76. The molecular formula is C13H14N4O2. The first-order valence-electron chi connectivity index (χ1n) is 5.76. The minimum Gasteiger partial charge on any atom is -0.372 e. The van der Waals surface area contributed by atoms with E-state index >= 15 is 0 Å². The number of pyridine rings is 1. The Morgan fingerprint density at radius 2 is 1.95 bits per heavy atom. The molecule has 0 unspecified atom stereocenters. The van der Waals surface area contributed by atoms with E-state index in [9.17, 15) is 4.79 Å². The Labute approximate surface area is 110 Å². The summed E-state index contributed by atoms with van der Waals surface area (Å²) in [6.07, 6.45) is 6.03. The maximum atomic E-state index is 11.6. The number of rotatable bonds is 4. The molecule has 6 nitrogen and oxygen atoms in total. The van der Waals surface area contributed by atoms with Crippen LogP contribution in [0.25, 0.3) is 11.1 Å². The predicted octanol–water partition coefficient (Wildman–Crippen LogP) is 1.51. The van der Waals surface area contributed by atoms with Gasteiger partial charge in [-0.05, 0) is 19.1 Å². The molecule has 2 aromatic heterocycles. The van der Waals surface area contributed by atoms with Gasteiger partial charge in [0.25, 0.3) is 5.91 Å². The molecule has 0 spiro atoms. The van der Waals surface area contributed by atoms with Crippen molar-refractivity contribution >= 4 is 11.7 Å². The van der Waals surface area contributed by atoms with Gasteiger partial charge >= 0.3 is 0 Å². The molecule has 0 saturated carbocycles. The minimum absolute atomic E-state index is 0.231. The molecule has 0 aliphatic rings. The molecule has 1 N–H and O–H groups in total. The van der Waals surface area contributed by atoms with Crippen molar-refractivity contribution in [1.29, 1.82) is 0 Å². The van der Waals surface area contributed by atoms with Crippen LogP contribution in [0.4, 0.5) is 5.82 Å². The largest absolute Gasteiger partial charge is 0.372 e. The highest BCUT2D eigenvalue weighted by molar-refractivity contribution is 5.93. The Balaban J connectivity index is 2.09. The lowest BCUT2D eigenvalue weighted by Crippen LogP contribution is -2.26. The number of nitrogens with zero attached hydrogens (tertiary/aromatic N) is 3. The fourth-order valence-electron chi connectivity index (χ4n) is 1.42. The third kappa shape index (κ3) is 3.32. The molecule has 2 rings (SSSR count). The molecule has 0 aliphatic carbocycles. The quantitative estimate of drug-likeness (QED) is 0.899. The zero-order valence-corrected chi connectivity index (χ0v) is 10.7. The Bertz CT molecular complexity index is 542. The van der Waals surface area contributed by atoms with Crippen LogP contribution >= 0.6 is 0 Å². The number of carbonyl (C=O) groups is 1. The highest BCUT2D eigenvalue weighted by Crippen LogP contribution is 2.17. The molecule has 2 heterocycles. The van der Waals surface area contributed by atoms with Crippen LogP contribution in [0.3, 0.4) is 0 Å². The summed E-state index contributed by atoms with van der Waals surface area (Å²) in [6, 6.07) is 3.57. The molecule has 0 bridgehead atoms. The topological polar surface area (TPSA) is 77.0 Å². The van der Waals surface area contributed by atoms with Crippen molar-refractivity contribution in [3.05, 3.63) is 37.1 Å². The van der Waals surface area contributed by atoms with Gasteiger partial charge in [-0.15, -0.1) is 0 Å². The molecule has 1 amide bonds. The standard InChI is InChI=1S/C13H14N4O2/c1-9(19-2)13(18)17-12-4-3-10(7-16-12)11-5-14-8-15-6-11/h3-9H,1-2H3,(H,16,17,18)/t9-/m1/s1. The third-order valence-electron chi connectivity index (χ3n) is 2.63. The molecule has 0 radical (unpaired) electrons. The van der Waals surface area contributed by atoms with Crippen molar-refractivity contribution in [2.45, 2.75) is 13.0 Å². The van der Waals surface area contributed by atoms with Crippen LogP contribution in [0.1, 0.15) is 6.92 Å². The molecule has 0 aromatic carbocycles. The Morgan fingerprint density at radius 3 is 2.53 bits per heavy atom. The number of amides is 1. The van der Waals surface area contributed by atoms with Crippen molar-refractivity contribution < 1.29 is 9.53 Å². The third-order valence-corrected chi connectivity index (χ3v) is 2.63. The molecule has 0 saturated heterocycles. The minimum atomic E-state index is -0.510. The van der Waals surface area contributed by atoms with E-state index in [-0.39, 0.29) is 5.91 Å². The van der Waals surface area contributed by atoms with Gasteiger partial charge in [-0.25, -0.2) is 15.0 Å². The highest BCUT2D eigenvalue weighted by Gasteiger charge is 2.11. The van der Waals surface area contributed by atoms with Crippen LogP contribution in [-0.4, -0.2) is 34.1 Å². The molecule has 0 aliphatic heterocycles. The monoisotopic (exact) mass is 258 g/mol. The molecule has 98 valence electrons. The number of hydrogen-bond donors (Lipinski definition) is 1. The second kappa shape index (κ2) is 6.01. The summed E-state index contributed by atoms with van der Waals surface area (Å²) >= 11 is 0. The van der Waals surface area contributed by atoms with E-state index in [4.69, 9.17) is 4.74 Å². The van der Waals surface area contributed by atoms with Gasteiger partial charge in [-0.2, -0.15) is 0 Å². The number of hydrogen-bond acceptors (Lipinski definition) is 5. The number of anilines is 1. The van der Waals surface area contributed by atoms with Crippen LogP contribution in [-0.2, 0) is 9.53 Å². The summed E-state index contributed by atoms with van der Waals surface area (Å²) in [6.45, 7) is 1.67. The Morgan fingerprint density at radius 1 is 1.21 bits per heavy atom. The normalized spacial score (nSPS) is 11.9. The molecular weight excluding hydrogens is 244 g/mol. The fourth-order valence-corrected chi connectivity index (χ4v) is 1.42. The van der Waals surface area contributed by atoms with E-state index in [1.165, 1.54) is 13.4 Å². The van der Waals surface area contributed by atoms with Crippen LogP contribution in [0, 0.1) is 0 Å². The van der Waals surface area contributed by atoms with Gasteiger partial charge in [-0.3, -0.25) is 4.79 Å². The van der Waals surface area contributed by atoms with Crippen LogP contribution < -0.4 is 5.32 Å². The van der Waals surface area contributed by atoms with Crippen molar-refractivity contribution in [3.63, 3.8) is 0 Å². The lowest BCUT2D eigenvalue weighted by molar-refractivity contribution is -0.124. The lowest BCUT2D eigenvalue weighted by atomic mass is 10.1. The lowest BCUT2D eigenvalue weighted by Gasteiger charge is -2.09. The first kappa shape index (κ1) is 13.1. The van der Waals surface area contributed by atoms with Crippen molar-refractivity contribution in [2.24, 2.45) is 0 Å². The number of aromatic nitrogens is 3.